The van der Waals surface area contributed by atoms with Crippen LogP contribution in [0.5, 0.6) is 5.75 Å². The van der Waals surface area contributed by atoms with Gasteiger partial charge in [-0.05, 0) is 42.5 Å². The van der Waals surface area contributed by atoms with Crippen LogP contribution in [0.1, 0.15) is 20.7 Å². The Morgan fingerprint density at radius 2 is 1.63 bits per heavy atom. The number of phenolic OH excluding ortho intramolecular Hbond substituents is 1. The summed E-state index contributed by atoms with van der Waals surface area (Å²) < 4.78 is 9.39. The number of hydrogen-bond acceptors (Lipinski definition) is 8. The molecule has 1 aromatic heterocycles. The number of esters is 2. The number of nitrogens with zero attached hydrogens (tertiary/aromatic N) is 3. The molecule has 0 aliphatic heterocycles. The zero-order valence-corrected chi connectivity index (χ0v) is 14.5. The largest absolute Gasteiger partial charge is 0.506 e. The van der Waals surface area contributed by atoms with Crippen molar-refractivity contribution in [3.63, 3.8) is 0 Å². The topological polar surface area (TPSA) is 110 Å². The maximum absolute atomic E-state index is 11.8. The second kappa shape index (κ2) is 7.61. The zero-order chi connectivity index (χ0) is 19.4. The first-order valence-corrected chi connectivity index (χ1v) is 7.83. The van der Waals surface area contributed by atoms with Crippen LogP contribution in [0.3, 0.4) is 0 Å². The van der Waals surface area contributed by atoms with Gasteiger partial charge in [0.1, 0.15) is 11.3 Å². The Morgan fingerprint density at radius 1 is 0.963 bits per heavy atom. The molecule has 0 radical (unpaired) electrons. The fourth-order valence-electron chi connectivity index (χ4n) is 2.48. The molecule has 0 saturated heterocycles. The molecule has 1 heterocycles. The summed E-state index contributed by atoms with van der Waals surface area (Å²) >= 11 is 0. The van der Waals surface area contributed by atoms with Gasteiger partial charge in [-0.3, -0.25) is 4.98 Å². The molecular weight excluding hydrogens is 350 g/mol. The van der Waals surface area contributed by atoms with Crippen molar-refractivity contribution >= 4 is 34.2 Å². The Morgan fingerprint density at radius 3 is 2.26 bits per heavy atom. The number of benzene rings is 2. The number of phenols is 1. The van der Waals surface area contributed by atoms with E-state index in [2.05, 4.69) is 15.2 Å². The summed E-state index contributed by atoms with van der Waals surface area (Å²) in [7, 11) is 2.48. The molecule has 0 unspecified atom stereocenters. The molecular formula is C19H15N3O5. The van der Waals surface area contributed by atoms with Crippen molar-refractivity contribution in [3.8, 4) is 5.75 Å². The predicted octanol–water partition coefficient (Wildman–Crippen LogP) is 3.93. The SMILES string of the molecule is COC(=O)c1cc(N=Nc2ccc(O)c3ncccc23)cc(C(=O)OC)c1. The van der Waals surface area contributed by atoms with E-state index in [1.165, 1.54) is 38.5 Å². The number of hydrogen-bond donors (Lipinski definition) is 1. The van der Waals surface area contributed by atoms with E-state index < -0.39 is 11.9 Å². The molecule has 0 amide bonds. The lowest BCUT2D eigenvalue weighted by Crippen LogP contribution is -2.06. The minimum absolute atomic E-state index is 0.0326. The van der Waals surface area contributed by atoms with Crippen LogP contribution in [0.15, 0.2) is 58.9 Å². The molecule has 0 aliphatic rings. The first kappa shape index (κ1) is 18.0. The van der Waals surface area contributed by atoms with E-state index in [-0.39, 0.29) is 22.6 Å². The molecule has 2 aromatic carbocycles. The Kier molecular flexibility index (Phi) is 5.07. The van der Waals surface area contributed by atoms with Gasteiger partial charge in [0.2, 0.25) is 0 Å². The monoisotopic (exact) mass is 365 g/mol. The average molecular weight is 365 g/mol. The third kappa shape index (κ3) is 3.74. The summed E-state index contributed by atoms with van der Waals surface area (Å²) in [4.78, 5) is 27.8. The molecule has 3 aromatic rings. The van der Waals surface area contributed by atoms with E-state index in [9.17, 15) is 14.7 Å². The van der Waals surface area contributed by atoms with Crippen molar-refractivity contribution in [2.24, 2.45) is 10.2 Å². The van der Waals surface area contributed by atoms with E-state index in [1.807, 2.05) is 0 Å². The minimum Gasteiger partial charge on any atom is -0.506 e. The number of pyridine rings is 1. The molecule has 1 N–H and O–H groups in total. The van der Waals surface area contributed by atoms with Crippen LogP contribution in [-0.4, -0.2) is 36.2 Å². The Labute approximate surface area is 154 Å². The van der Waals surface area contributed by atoms with Crippen LogP contribution in [0, 0.1) is 0 Å². The van der Waals surface area contributed by atoms with Crippen LogP contribution in [0.4, 0.5) is 11.4 Å². The summed E-state index contributed by atoms with van der Waals surface area (Å²) in [6.07, 6.45) is 1.56. The Balaban J connectivity index is 2.06. The van der Waals surface area contributed by atoms with E-state index in [1.54, 1.807) is 24.4 Å². The number of ether oxygens (including phenoxy) is 2. The van der Waals surface area contributed by atoms with Crippen LogP contribution >= 0.6 is 0 Å². The lowest BCUT2D eigenvalue weighted by atomic mass is 10.1. The molecule has 0 fully saturated rings. The number of rotatable bonds is 4. The Hall–Kier alpha value is -3.81. The predicted molar refractivity (Wildman–Crippen MR) is 96.7 cm³/mol. The van der Waals surface area contributed by atoms with Crippen molar-refractivity contribution in [3.05, 3.63) is 59.8 Å². The first-order chi connectivity index (χ1) is 13.0. The van der Waals surface area contributed by atoms with Gasteiger partial charge in [-0.15, -0.1) is 5.11 Å². The highest BCUT2D eigenvalue weighted by Gasteiger charge is 2.14. The third-order valence-electron chi connectivity index (χ3n) is 3.76. The second-order valence-electron chi connectivity index (χ2n) is 5.46. The summed E-state index contributed by atoms with van der Waals surface area (Å²) in [5.74, 6) is -1.20. The number of azo groups is 1. The molecule has 136 valence electrons. The summed E-state index contributed by atoms with van der Waals surface area (Å²) in [6.45, 7) is 0. The van der Waals surface area contributed by atoms with Crippen LogP contribution in [0.25, 0.3) is 10.9 Å². The number of aromatic hydroxyl groups is 1. The molecule has 8 heteroatoms. The summed E-state index contributed by atoms with van der Waals surface area (Å²) in [6, 6.07) is 10.8. The first-order valence-electron chi connectivity index (χ1n) is 7.83. The van der Waals surface area contributed by atoms with Gasteiger partial charge in [-0.2, -0.15) is 5.11 Å². The van der Waals surface area contributed by atoms with E-state index in [0.29, 0.717) is 16.6 Å². The molecule has 8 nitrogen and oxygen atoms in total. The van der Waals surface area contributed by atoms with Gasteiger partial charge in [0, 0.05) is 11.6 Å². The van der Waals surface area contributed by atoms with E-state index >= 15 is 0 Å². The fourth-order valence-corrected chi connectivity index (χ4v) is 2.48. The van der Waals surface area contributed by atoms with E-state index in [0.717, 1.165) is 0 Å². The normalized spacial score (nSPS) is 10.9. The van der Waals surface area contributed by atoms with Gasteiger partial charge in [-0.25, -0.2) is 9.59 Å². The molecule has 27 heavy (non-hydrogen) atoms. The quantitative estimate of drug-likeness (QED) is 0.554. The average Bonchev–Trinajstić information content (AvgIpc) is 2.72. The third-order valence-corrected chi connectivity index (χ3v) is 3.76. The fraction of sp³-hybridized carbons (Fsp3) is 0.105. The number of fused-ring (bicyclic) bond motifs is 1. The maximum Gasteiger partial charge on any atom is 0.337 e. The summed E-state index contributed by atoms with van der Waals surface area (Å²) in [5.41, 5.74) is 1.42. The van der Waals surface area contributed by atoms with Crippen molar-refractivity contribution in [2.75, 3.05) is 14.2 Å². The van der Waals surface area contributed by atoms with Gasteiger partial charge in [0.05, 0.1) is 36.7 Å². The lowest BCUT2D eigenvalue weighted by molar-refractivity contribution is 0.0599. The van der Waals surface area contributed by atoms with Crippen molar-refractivity contribution < 1.29 is 24.2 Å². The highest BCUT2D eigenvalue weighted by molar-refractivity contribution is 5.97. The minimum atomic E-state index is -0.614. The highest BCUT2D eigenvalue weighted by Crippen LogP contribution is 2.32. The molecule has 0 aliphatic carbocycles. The number of carbonyl (C=O) groups is 2. The van der Waals surface area contributed by atoms with Gasteiger partial charge >= 0.3 is 11.9 Å². The molecule has 0 atom stereocenters. The molecule has 0 spiro atoms. The van der Waals surface area contributed by atoms with Crippen molar-refractivity contribution in [2.45, 2.75) is 0 Å². The maximum atomic E-state index is 11.8. The Bertz CT molecular complexity index is 1030. The van der Waals surface area contributed by atoms with Crippen LogP contribution in [0.2, 0.25) is 0 Å². The van der Waals surface area contributed by atoms with Crippen LogP contribution in [-0.2, 0) is 9.47 Å². The zero-order valence-electron chi connectivity index (χ0n) is 14.5. The van der Waals surface area contributed by atoms with E-state index in [4.69, 9.17) is 9.47 Å². The number of aromatic nitrogens is 1. The van der Waals surface area contributed by atoms with Gasteiger partial charge < -0.3 is 14.6 Å². The standard InChI is InChI=1S/C19H15N3O5/c1-26-18(24)11-8-12(19(25)27-2)10-13(9-11)21-22-15-5-6-16(23)17-14(15)4-3-7-20-17/h3-10,23H,1-2H3. The smallest absolute Gasteiger partial charge is 0.337 e. The molecule has 0 bridgehead atoms. The molecule has 0 saturated carbocycles. The van der Waals surface area contributed by atoms with Gasteiger partial charge in [0.15, 0.2) is 0 Å². The number of carbonyl (C=O) groups excluding carboxylic acids is 2. The van der Waals surface area contributed by atoms with Crippen molar-refractivity contribution in [1.82, 2.24) is 4.98 Å². The van der Waals surface area contributed by atoms with Gasteiger partial charge in [0.25, 0.3) is 0 Å². The lowest BCUT2D eigenvalue weighted by Gasteiger charge is -2.05. The van der Waals surface area contributed by atoms with Crippen molar-refractivity contribution in [1.29, 1.82) is 0 Å². The molecule has 3 rings (SSSR count). The van der Waals surface area contributed by atoms with Gasteiger partial charge in [-0.1, -0.05) is 0 Å². The van der Waals surface area contributed by atoms with Crippen LogP contribution < -0.4 is 0 Å². The summed E-state index contributed by atoms with van der Waals surface area (Å²) in [5, 5.41) is 18.8. The highest BCUT2D eigenvalue weighted by atomic mass is 16.5. The number of methoxy groups -OCH3 is 2. The second-order valence-corrected chi connectivity index (χ2v) is 5.46.